The van der Waals surface area contributed by atoms with Gasteiger partial charge < -0.3 is 14.2 Å². The molecule has 0 saturated carbocycles. The fourth-order valence-corrected chi connectivity index (χ4v) is 2.55. The molecular formula is C20H35NO5. The van der Waals surface area contributed by atoms with Gasteiger partial charge in [0.1, 0.15) is 18.8 Å². The van der Waals surface area contributed by atoms with Gasteiger partial charge in [-0.3, -0.25) is 4.90 Å². The van der Waals surface area contributed by atoms with Crippen molar-refractivity contribution < 1.29 is 23.8 Å². The van der Waals surface area contributed by atoms with Crippen LogP contribution in [0.4, 0.5) is 0 Å². The smallest absolute Gasteiger partial charge is 0.333 e. The van der Waals surface area contributed by atoms with E-state index in [1.807, 2.05) is 6.92 Å². The largest absolute Gasteiger partial charge is 0.460 e. The maximum atomic E-state index is 11.5. The molecule has 0 aromatic rings. The van der Waals surface area contributed by atoms with E-state index >= 15 is 0 Å². The molecule has 0 aliphatic carbocycles. The van der Waals surface area contributed by atoms with Crippen LogP contribution in [0.5, 0.6) is 0 Å². The second kappa shape index (κ2) is 11.9. The minimum Gasteiger partial charge on any atom is -0.460 e. The van der Waals surface area contributed by atoms with Crippen LogP contribution in [0.1, 0.15) is 48.5 Å². The highest BCUT2D eigenvalue weighted by Crippen LogP contribution is 2.16. The lowest BCUT2D eigenvalue weighted by molar-refractivity contribution is -0.147. The minimum absolute atomic E-state index is 0.135. The summed E-state index contributed by atoms with van der Waals surface area (Å²) in [6.07, 6.45) is 1.15. The summed E-state index contributed by atoms with van der Waals surface area (Å²) in [7, 11) is 0. The fourth-order valence-electron chi connectivity index (χ4n) is 2.55. The van der Waals surface area contributed by atoms with Gasteiger partial charge in [0.25, 0.3) is 0 Å². The van der Waals surface area contributed by atoms with Gasteiger partial charge in [0.15, 0.2) is 0 Å². The summed E-state index contributed by atoms with van der Waals surface area (Å²) in [5.74, 6) is -0.692. The molecule has 3 unspecified atom stereocenters. The summed E-state index contributed by atoms with van der Waals surface area (Å²) in [6, 6.07) is 1.05. The molecule has 6 nitrogen and oxygen atoms in total. The third kappa shape index (κ3) is 9.73. The summed E-state index contributed by atoms with van der Waals surface area (Å²) < 4.78 is 14.8. The van der Waals surface area contributed by atoms with Gasteiger partial charge in [0, 0.05) is 29.8 Å². The van der Waals surface area contributed by atoms with Gasteiger partial charge in [-0.1, -0.05) is 13.2 Å². The normalized spacial score (nSPS) is 17.8. The molecule has 26 heavy (non-hydrogen) atoms. The van der Waals surface area contributed by atoms with E-state index in [0.717, 1.165) is 6.08 Å². The van der Waals surface area contributed by atoms with E-state index in [1.54, 1.807) is 6.92 Å². The van der Waals surface area contributed by atoms with Gasteiger partial charge in [-0.25, -0.2) is 9.59 Å². The van der Waals surface area contributed by atoms with Crippen LogP contribution in [0.25, 0.3) is 0 Å². The van der Waals surface area contributed by atoms with Gasteiger partial charge in [0.05, 0.1) is 6.61 Å². The second-order valence-electron chi connectivity index (χ2n) is 7.06. The number of esters is 2. The standard InChI is InChI=1S/C14H27NO2.C6H8O3/c1-9(2)14(16)17-13(8)12(7)15(10(3)4)11(5)6;1-2-6(7)9-4-5-3-8-5/h10-13H,1H2,2-8H3;2,5H,1,3-4H2. The van der Waals surface area contributed by atoms with Crippen molar-refractivity contribution in [1.29, 1.82) is 0 Å². The molecule has 150 valence electrons. The Morgan fingerprint density at radius 3 is 2.04 bits per heavy atom. The highest BCUT2D eigenvalue weighted by molar-refractivity contribution is 5.87. The molecule has 0 spiro atoms. The molecule has 0 amide bonds. The minimum atomic E-state index is -0.384. The van der Waals surface area contributed by atoms with Crippen molar-refractivity contribution in [2.24, 2.45) is 0 Å². The first kappa shape index (κ1) is 24.3. The number of epoxide rings is 1. The zero-order valence-corrected chi connectivity index (χ0v) is 17.3. The van der Waals surface area contributed by atoms with Crippen LogP contribution in [-0.2, 0) is 23.8 Å². The van der Waals surface area contributed by atoms with Gasteiger partial charge in [-0.15, -0.1) is 0 Å². The Morgan fingerprint density at radius 2 is 1.69 bits per heavy atom. The third-order valence-corrected chi connectivity index (χ3v) is 3.96. The van der Waals surface area contributed by atoms with Gasteiger partial charge in [-0.2, -0.15) is 0 Å². The van der Waals surface area contributed by atoms with Crippen LogP contribution in [0.3, 0.4) is 0 Å². The van der Waals surface area contributed by atoms with E-state index < -0.39 is 0 Å². The van der Waals surface area contributed by atoms with Crippen molar-refractivity contribution in [2.75, 3.05) is 13.2 Å². The highest BCUT2D eigenvalue weighted by Gasteiger charge is 2.27. The summed E-state index contributed by atoms with van der Waals surface area (Å²) >= 11 is 0. The number of rotatable bonds is 9. The topological polar surface area (TPSA) is 68.4 Å². The van der Waals surface area contributed by atoms with Crippen molar-refractivity contribution in [3.05, 3.63) is 24.8 Å². The molecule has 1 fully saturated rings. The maximum Gasteiger partial charge on any atom is 0.333 e. The molecule has 1 aliphatic rings. The molecule has 0 bridgehead atoms. The zero-order valence-electron chi connectivity index (χ0n) is 17.3. The van der Waals surface area contributed by atoms with Crippen molar-refractivity contribution in [3.63, 3.8) is 0 Å². The molecule has 0 radical (unpaired) electrons. The third-order valence-electron chi connectivity index (χ3n) is 3.96. The van der Waals surface area contributed by atoms with E-state index in [1.165, 1.54) is 0 Å². The Bertz CT molecular complexity index is 475. The van der Waals surface area contributed by atoms with Crippen LogP contribution in [0.15, 0.2) is 24.8 Å². The lowest BCUT2D eigenvalue weighted by Gasteiger charge is -2.38. The molecule has 1 saturated heterocycles. The van der Waals surface area contributed by atoms with Crippen LogP contribution >= 0.6 is 0 Å². The van der Waals surface area contributed by atoms with Gasteiger partial charge in [-0.05, 0) is 48.5 Å². The van der Waals surface area contributed by atoms with E-state index in [0.29, 0.717) is 30.9 Å². The molecule has 1 heterocycles. The Kier molecular flexibility index (Phi) is 11.1. The number of nitrogens with zero attached hydrogens (tertiary/aromatic N) is 1. The first-order valence-electron chi connectivity index (χ1n) is 9.05. The van der Waals surface area contributed by atoms with Crippen LogP contribution in [-0.4, -0.2) is 60.4 Å². The predicted octanol–water partition coefficient (Wildman–Crippen LogP) is 3.12. The molecule has 1 rings (SSSR count). The maximum absolute atomic E-state index is 11.5. The highest BCUT2D eigenvalue weighted by atomic mass is 16.6. The Labute approximate surface area is 158 Å². The summed E-state index contributed by atoms with van der Waals surface area (Å²) in [5, 5.41) is 0. The van der Waals surface area contributed by atoms with Crippen LogP contribution in [0, 0.1) is 0 Å². The van der Waals surface area contributed by atoms with Crippen molar-refractivity contribution in [1.82, 2.24) is 4.90 Å². The van der Waals surface area contributed by atoms with Crippen molar-refractivity contribution in [2.45, 2.75) is 78.8 Å². The second-order valence-corrected chi connectivity index (χ2v) is 7.06. The molecule has 6 heteroatoms. The SMILES string of the molecule is C=C(C)C(=O)OC(C)C(C)N(C(C)C)C(C)C.C=CC(=O)OCC1CO1. The van der Waals surface area contributed by atoms with Crippen molar-refractivity contribution >= 4 is 11.9 Å². The first-order valence-corrected chi connectivity index (χ1v) is 9.05. The average molecular weight is 370 g/mol. The van der Waals surface area contributed by atoms with Gasteiger partial charge in [0.2, 0.25) is 0 Å². The molecule has 1 aliphatic heterocycles. The predicted molar refractivity (Wildman–Crippen MR) is 103 cm³/mol. The summed E-state index contributed by atoms with van der Waals surface area (Å²) in [5.41, 5.74) is 0.449. The van der Waals surface area contributed by atoms with E-state index in [-0.39, 0.29) is 30.2 Å². The number of hydrogen-bond donors (Lipinski definition) is 0. The zero-order chi connectivity index (χ0) is 20.4. The Hall–Kier alpha value is -1.66. The van der Waals surface area contributed by atoms with Crippen LogP contribution < -0.4 is 0 Å². The van der Waals surface area contributed by atoms with Crippen LogP contribution in [0.2, 0.25) is 0 Å². The number of hydrogen-bond acceptors (Lipinski definition) is 6. The quantitative estimate of drug-likeness (QED) is 0.353. The summed E-state index contributed by atoms with van der Waals surface area (Å²) in [4.78, 5) is 24.2. The Balaban J connectivity index is 0.000000577. The molecule has 3 atom stereocenters. The Morgan fingerprint density at radius 1 is 1.19 bits per heavy atom. The molecule has 0 N–H and O–H groups in total. The van der Waals surface area contributed by atoms with Crippen molar-refractivity contribution in [3.8, 4) is 0 Å². The van der Waals surface area contributed by atoms with E-state index in [2.05, 4.69) is 57.4 Å². The number of ether oxygens (including phenoxy) is 3. The lowest BCUT2D eigenvalue weighted by atomic mass is 10.1. The lowest BCUT2D eigenvalue weighted by Crippen LogP contribution is -2.49. The molecule has 0 aromatic heterocycles. The number of carbonyl (C=O) groups excluding carboxylic acids is 2. The fraction of sp³-hybridized carbons (Fsp3) is 0.700. The first-order chi connectivity index (χ1) is 12.0. The molecular weight excluding hydrogens is 334 g/mol. The van der Waals surface area contributed by atoms with E-state index in [4.69, 9.17) is 9.47 Å². The molecule has 0 aromatic carbocycles. The summed E-state index contributed by atoms with van der Waals surface area (Å²) in [6.45, 7) is 22.2. The number of carbonyl (C=O) groups is 2. The van der Waals surface area contributed by atoms with E-state index in [9.17, 15) is 9.59 Å². The average Bonchev–Trinajstić information content (AvgIpc) is 3.36. The van der Waals surface area contributed by atoms with Gasteiger partial charge >= 0.3 is 11.9 Å². The monoisotopic (exact) mass is 369 g/mol.